The molecule has 0 amide bonds. The highest BCUT2D eigenvalue weighted by Gasteiger charge is 2.28. The monoisotopic (exact) mass is 305 g/mol. The van der Waals surface area contributed by atoms with Gasteiger partial charge in [0.25, 0.3) is 0 Å². The molecule has 0 aliphatic heterocycles. The molecular weight excluding hydrogens is 286 g/mol. The second-order valence-corrected chi connectivity index (χ2v) is 6.00. The van der Waals surface area contributed by atoms with Gasteiger partial charge < -0.3 is 15.2 Å². The molecule has 0 saturated carbocycles. The number of aryl methyl sites for hydroxylation is 1. The number of phenolic OH excluding ortho intramolecular Hbond substituents is 1. The Morgan fingerprint density at radius 3 is 2.62 bits per heavy atom. The Balaban J connectivity index is 2.35. The Morgan fingerprint density at radius 2 is 2.05 bits per heavy atom. The van der Waals surface area contributed by atoms with Crippen LogP contribution in [-0.2, 0) is 9.53 Å². The first-order valence-electron chi connectivity index (χ1n) is 6.71. The molecule has 0 spiro atoms. The number of thiophene rings is 1. The zero-order valence-corrected chi connectivity index (χ0v) is 13.1. The van der Waals surface area contributed by atoms with Crippen LogP contribution in [0.25, 0.3) is 0 Å². The summed E-state index contributed by atoms with van der Waals surface area (Å²) in [5.74, 6) is -0.496. The molecule has 2 N–H and O–H groups in total. The maximum absolute atomic E-state index is 11.9. The van der Waals surface area contributed by atoms with Crippen molar-refractivity contribution in [3.63, 3.8) is 0 Å². The van der Waals surface area contributed by atoms with Crippen molar-refractivity contribution < 1.29 is 14.6 Å². The average Bonchev–Trinajstić information content (AvgIpc) is 2.91. The Morgan fingerprint density at radius 1 is 1.33 bits per heavy atom. The van der Waals surface area contributed by atoms with E-state index in [1.54, 1.807) is 29.5 Å². The third-order valence-corrected chi connectivity index (χ3v) is 4.38. The molecule has 0 aliphatic rings. The van der Waals surface area contributed by atoms with E-state index in [0.29, 0.717) is 5.69 Å². The fourth-order valence-electron chi connectivity index (χ4n) is 2.27. The maximum Gasteiger partial charge on any atom is 0.310 e. The molecule has 4 nitrogen and oxygen atoms in total. The third-order valence-electron chi connectivity index (χ3n) is 3.52. The first kappa shape index (κ1) is 15.4. The minimum absolute atomic E-state index is 0.160. The van der Waals surface area contributed by atoms with Crippen molar-refractivity contribution in [3.8, 4) is 5.75 Å². The minimum Gasteiger partial charge on any atom is -0.506 e. The van der Waals surface area contributed by atoms with E-state index >= 15 is 0 Å². The number of esters is 1. The van der Waals surface area contributed by atoms with Crippen molar-refractivity contribution in [2.45, 2.75) is 19.9 Å². The molecule has 21 heavy (non-hydrogen) atoms. The Bertz CT molecular complexity index is 623. The minimum atomic E-state index is -0.372. The van der Waals surface area contributed by atoms with Crippen molar-refractivity contribution in [1.82, 2.24) is 0 Å². The van der Waals surface area contributed by atoms with Gasteiger partial charge in [0.05, 0.1) is 24.8 Å². The number of carbonyl (C=O) groups is 1. The molecule has 1 unspecified atom stereocenters. The molecular formula is C16H19NO3S. The van der Waals surface area contributed by atoms with Crippen LogP contribution < -0.4 is 5.32 Å². The zero-order valence-electron chi connectivity index (χ0n) is 12.3. The standard InChI is InChI=1S/C16H19NO3S/c1-10(16(19)20-3)15(12-8-9-21-11(12)2)17-13-6-4-5-7-14(13)18/h4-10,15,17-18H,1-3H3/t10?,15-/m1/s1. The number of benzene rings is 1. The molecule has 0 saturated heterocycles. The van der Waals surface area contributed by atoms with Crippen LogP contribution in [0.4, 0.5) is 5.69 Å². The molecule has 2 atom stereocenters. The highest BCUT2D eigenvalue weighted by molar-refractivity contribution is 7.10. The summed E-state index contributed by atoms with van der Waals surface area (Å²) in [7, 11) is 1.39. The van der Waals surface area contributed by atoms with Crippen LogP contribution in [0.3, 0.4) is 0 Å². The molecule has 0 bridgehead atoms. The lowest BCUT2D eigenvalue weighted by Gasteiger charge is -2.25. The average molecular weight is 305 g/mol. The number of phenols is 1. The van der Waals surface area contributed by atoms with Crippen LogP contribution >= 0.6 is 11.3 Å². The number of hydrogen-bond donors (Lipinski definition) is 2. The Labute approximate surface area is 128 Å². The van der Waals surface area contributed by atoms with Gasteiger partial charge in [0.15, 0.2) is 0 Å². The van der Waals surface area contributed by atoms with Gasteiger partial charge in [-0.2, -0.15) is 0 Å². The van der Waals surface area contributed by atoms with Crippen LogP contribution in [0.5, 0.6) is 5.75 Å². The predicted octanol–water partition coefficient (Wildman–Crippen LogP) is 3.72. The summed E-state index contributed by atoms with van der Waals surface area (Å²) < 4.78 is 4.86. The van der Waals surface area contributed by atoms with E-state index in [0.717, 1.165) is 10.4 Å². The van der Waals surface area contributed by atoms with Crippen LogP contribution in [0.15, 0.2) is 35.7 Å². The molecule has 0 fully saturated rings. The number of aromatic hydroxyl groups is 1. The summed E-state index contributed by atoms with van der Waals surface area (Å²) in [6.45, 7) is 3.84. The lowest BCUT2D eigenvalue weighted by Crippen LogP contribution is -2.26. The van der Waals surface area contributed by atoms with Crippen molar-refractivity contribution in [3.05, 3.63) is 46.2 Å². The van der Waals surface area contributed by atoms with Gasteiger partial charge in [-0.1, -0.05) is 12.1 Å². The molecule has 0 aliphatic carbocycles. The van der Waals surface area contributed by atoms with Gasteiger partial charge in [-0.25, -0.2) is 0 Å². The highest BCUT2D eigenvalue weighted by atomic mass is 32.1. The van der Waals surface area contributed by atoms with Gasteiger partial charge in [-0.3, -0.25) is 4.79 Å². The first-order valence-corrected chi connectivity index (χ1v) is 7.59. The summed E-state index contributed by atoms with van der Waals surface area (Å²) in [6.07, 6.45) is 0. The second kappa shape index (κ2) is 6.63. The second-order valence-electron chi connectivity index (χ2n) is 4.88. The van der Waals surface area contributed by atoms with Gasteiger partial charge in [-0.05, 0) is 43.0 Å². The van der Waals surface area contributed by atoms with Crippen molar-refractivity contribution in [2.24, 2.45) is 5.92 Å². The number of para-hydroxylation sites is 2. The van der Waals surface area contributed by atoms with Crippen LogP contribution in [0.2, 0.25) is 0 Å². The van der Waals surface area contributed by atoms with Crippen LogP contribution in [0.1, 0.15) is 23.4 Å². The normalized spacial score (nSPS) is 13.5. The van der Waals surface area contributed by atoms with Crippen molar-refractivity contribution in [1.29, 1.82) is 0 Å². The molecule has 2 aromatic rings. The van der Waals surface area contributed by atoms with Gasteiger partial charge in [0.2, 0.25) is 0 Å². The van der Waals surface area contributed by atoms with Crippen LogP contribution in [0, 0.1) is 12.8 Å². The van der Waals surface area contributed by atoms with Gasteiger partial charge >= 0.3 is 5.97 Å². The number of nitrogens with one attached hydrogen (secondary N) is 1. The van der Waals surface area contributed by atoms with Gasteiger partial charge in [0, 0.05) is 4.88 Å². The van der Waals surface area contributed by atoms with Crippen LogP contribution in [-0.4, -0.2) is 18.2 Å². The van der Waals surface area contributed by atoms with E-state index in [2.05, 4.69) is 5.32 Å². The summed E-state index contributed by atoms with van der Waals surface area (Å²) in [5, 5.41) is 15.2. The van der Waals surface area contributed by atoms with E-state index in [9.17, 15) is 9.90 Å². The predicted molar refractivity (Wildman–Crippen MR) is 84.7 cm³/mol. The first-order chi connectivity index (χ1) is 10.0. The summed E-state index contributed by atoms with van der Waals surface area (Å²) >= 11 is 1.63. The van der Waals surface area contributed by atoms with E-state index in [1.807, 2.05) is 31.4 Å². The lowest BCUT2D eigenvalue weighted by molar-refractivity contribution is -0.145. The summed E-state index contributed by atoms with van der Waals surface area (Å²) in [4.78, 5) is 13.1. The van der Waals surface area contributed by atoms with E-state index in [4.69, 9.17) is 4.74 Å². The van der Waals surface area contributed by atoms with Gasteiger partial charge in [0.1, 0.15) is 5.75 Å². The van der Waals surface area contributed by atoms with E-state index in [1.165, 1.54) is 7.11 Å². The Kier molecular flexibility index (Phi) is 4.85. The third kappa shape index (κ3) is 3.36. The maximum atomic E-state index is 11.9. The number of rotatable bonds is 5. The van der Waals surface area contributed by atoms with E-state index < -0.39 is 0 Å². The summed E-state index contributed by atoms with van der Waals surface area (Å²) in [6, 6.07) is 8.74. The molecule has 112 valence electrons. The van der Waals surface area contributed by atoms with Crippen molar-refractivity contribution in [2.75, 3.05) is 12.4 Å². The van der Waals surface area contributed by atoms with Crippen molar-refractivity contribution >= 4 is 23.0 Å². The smallest absolute Gasteiger partial charge is 0.310 e. The largest absolute Gasteiger partial charge is 0.506 e. The molecule has 5 heteroatoms. The number of methoxy groups -OCH3 is 1. The topological polar surface area (TPSA) is 58.6 Å². The SMILES string of the molecule is COC(=O)C(C)[C@@H](Nc1ccccc1O)c1ccsc1C. The lowest BCUT2D eigenvalue weighted by atomic mass is 9.94. The molecule has 1 aromatic heterocycles. The Hall–Kier alpha value is -2.01. The molecule has 1 aromatic carbocycles. The van der Waals surface area contributed by atoms with Gasteiger partial charge in [-0.15, -0.1) is 11.3 Å². The quantitative estimate of drug-likeness (QED) is 0.653. The number of hydrogen-bond acceptors (Lipinski definition) is 5. The number of carbonyl (C=O) groups excluding carboxylic acids is 1. The molecule has 0 radical (unpaired) electrons. The highest BCUT2D eigenvalue weighted by Crippen LogP contribution is 2.34. The summed E-state index contributed by atoms with van der Waals surface area (Å²) in [5.41, 5.74) is 1.64. The fourth-order valence-corrected chi connectivity index (χ4v) is 3.02. The molecule has 2 rings (SSSR count). The zero-order chi connectivity index (χ0) is 15.4. The number of ether oxygens (including phenoxy) is 1. The fraction of sp³-hybridized carbons (Fsp3) is 0.312. The number of anilines is 1. The van der Waals surface area contributed by atoms with E-state index in [-0.39, 0.29) is 23.7 Å². The molecule has 1 heterocycles.